The van der Waals surface area contributed by atoms with E-state index in [4.69, 9.17) is 5.73 Å². The molecule has 2 rings (SSSR count). The number of anilines is 1. The molecule has 0 bridgehead atoms. The van der Waals surface area contributed by atoms with Crippen LogP contribution in [0.15, 0.2) is 53.4 Å². The quantitative estimate of drug-likeness (QED) is 0.645. The summed E-state index contributed by atoms with van der Waals surface area (Å²) in [6, 6.07) is 14.1. The third-order valence-electron chi connectivity index (χ3n) is 4.43. The maximum atomic E-state index is 12.5. The first-order valence-corrected chi connectivity index (χ1v) is 10.5. The van der Waals surface area contributed by atoms with Crippen LogP contribution in [0.1, 0.15) is 31.4 Å². The Kier molecular flexibility index (Phi) is 7.38. The molecule has 0 atom stereocenters. The monoisotopic (exact) mass is 389 g/mol. The second kappa shape index (κ2) is 9.53. The van der Waals surface area contributed by atoms with E-state index in [1.807, 2.05) is 38.1 Å². The molecule has 0 aromatic heterocycles. The molecule has 2 aromatic carbocycles. The molecule has 7 heteroatoms. The highest BCUT2D eigenvalue weighted by molar-refractivity contribution is 7.89. The van der Waals surface area contributed by atoms with Gasteiger partial charge in [0.25, 0.3) is 0 Å². The van der Waals surface area contributed by atoms with Gasteiger partial charge in [-0.2, -0.15) is 4.31 Å². The number of aryl methyl sites for hydroxylation is 1. The highest BCUT2D eigenvalue weighted by atomic mass is 32.2. The van der Waals surface area contributed by atoms with Gasteiger partial charge in [-0.25, -0.2) is 8.42 Å². The van der Waals surface area contributed by atoms with Gasteiger partial charge in [-0.05, 0) is 35.7 Å². The summed E-state index contributed by atoms with van der Waals surface area (Å²) in [7, 11) is -3.46. The molecule has 27 heavy (non-hydrogen) atoms. The summed E-state index contributed by atoms with van der Waals surface area (Å²) in [5.74, 6) is -0.0712. The lowest BCUT2D eigenvalue weighted by atomic mass is 10.1. The van der Waals surface area contributed by atoms with Gasteiger partial charge in [0.2, 0.25) is 15.9 Å². The lowest BCUT2D eigenvalue weighted by molar-refractivity contribution is -0.121. The third kappa shape index (κ3) is 5.55. The standard InChI is InChI=1S/C20H27N3O3S/c1-3-23(4-2)27(25,26)18-12-9-16(10-13-18)15-22-20(24)14-11-17-7-5-6-8-19(17)21/h5-10,12-13H,3-4,11,14-15,21H2,1-2H3,(H,22,24). The Hall–Kier alpha value is -2.38. The van der Waals surface area contributed by atoms with Crippen molar-refractivity contribution in [2.75, 3.05) is 18.8 Å². The number of nitrogens with two attached hydrogens (primary N) is 1. The van der Waals surface area contributed by atoms with Crippen LogP contribution in [-0.4, -0.2) is 31.7 Å². The molecule has 0 spiro atoms. The summed E-state index contributed by atoms with van der Waals surface area (Å²) in [6.07, 6.45) is 0.933. The van der Waals surface area contributed by atoms with E-state index in [1.54, 1.807) is 24.3 Å². The average molecular weight is 390 g/mol. The van der Waals surface area contributed by atoms with Crippen molar-refractivity contribution in [3.63, 3.8) is 0 Å². The van der Waals surface area contributed by atoms with Gasteiger partial charge in [-0.15, -0.1) is 0 Å². The molecule has 0 saturated carbocycles. The van der Waals surface area contributed by atoms with E-state index in [9.17, 15) is 13.2 Å². The van der Waals surface area contributed by atoms with Gasteiger partial charge in [-0.1, -0.05) is 44.2 Å². The van der Waals surface area contributed by atoms with E-state index in [1.165, 1.54) is 4.31 Å². The number of hydrogen-bond acceptors (Lipinski definition) is 4. The number of rotatable bonds is 9. The van der Waals surface area contributed by atoms with Crippen molar-refractivity contribution in [3.8, 4) is 0 Å². The second-order valence-electron chi connectivity index (χ2n) is 6.21. The van der Waals surface area contributed by atoms with Crippen LogP contribution in [0.5, 0.6) is 0 Å². The first-order chi connectivity index (χ1) is 12.9. The second-order valence-corrected chi connectivity index (χ2v) is 8.15. The molecule has 0 saturated heterocycles. The molecular formula is C20H27N3O3S. The van der Waals surface area contributed by atoms with E-state index in [0.29, 0.717) is 38.2 Å². The molecule has 0 aliphatic carbocycles. The summed E-state index contributed by atoms with van der Waals surface area (Å²) < 4.78 is 26.3. The van der Waals surface area contributed by atoms with Gasteiger partial charge < -0.3 is 11.1 Å². The fraction of sp³-hybridized carbons (Fsp3) is 0.350. The van der Waals surface area contributed by atoms with Gasteiger partial charge >= 0.3 is 0 Å². The SMILES string of the molecule is CCN(CC)S(=O)(=O)c1ccc(CNC(=O)CCc2ccccc2N)cc1. The summed E-state index contributed by atoms with van der Waals surface area (Å²) in [6.45, 7) is 4.85. The molecule has 0 aliphatic rings. The topological polar surface area (TPSA) is 92.5 Å². The van der Waals surface area contributed by atoms with Gasteiger partial charge in [0.05, 0.1) is 4.90 Å². The van der Waals surface area contributed by atoms with E-state index >= 15 is 0 Å². The Labute approximate surface area is 161 Å². The van der Waals surface area contributed by atoms with Crippen LogP contribution >= 0.6 is 0 Å². The number of sulfonamides is 1. The lowest BCUT2D eigenvalue weighted by Gasteiger charge is -2.18. The summed E-state index contributed by atoms with van der Waals surface area (Å²) in [5.41, 5.74) is 8.37. The largest absolute Gasteiger partial charge is 0.399 e. The number of nitrogens with one attached hydrogen (secondary N) is 1. The number of carbonyl (C=O) groups excluding carboxylic acids is 1. The van der Waals surface area contributed by atoms with Crippen LogP contribution in [0, 0.1) is 0 Å². The molecule has 1 amide bonds. The minimum atomic E-state index is -3.46. The number of benzene rings is 2. The number of para-hydroxylation sites is 1. The molecule has 2 aromatic rings. The first-order valence-electron chi connectivity index (χ1n) is 9.07. The van der Waals surface area contributed by atoms with Crippen molar-refractivity contribution in [2.24, 2.45) is 0 Å². The minimum absolute atomic E-state index is 0.0712. The van der Waals surface area contributed by atoms with Crippen molar-refractivity contribution < 1.29 is 13.2 Å². The van der Waals surface area contributed by atoms with E-state index in [0.717, 1.165) is 11.1 Å². The number of carbonyl (C=O) groups is 1. The van der Waals surface area contributed by atoms with Crippen molar-refractivity contribution in [1.29, 1.82) is 0 Å². The molecule has 0 unspecified atom stereocenters. The van der Waals surface area contributed by atoms with Crippen molar-refractivity contribution in [3.05, 3.63) is 59.7 Å². The number of amides is 1. The highest BCUT2D eigenvalue weighted by Gasteiger charge is 2.21. The maximum absolute atomic E-state index is 12.5. The number of nitrogen functional groups attached to an aromatic ring is 1. The lowest BCUT2D eigenvalue weighted by Crippen LogP contribution is -2.30. The van der Waals surface area contributed by atoms with Crippen LogP contribution in [0.25, 0.3) is 0 Å². The molecule has 0 fully saturated rings. The van der Waals surface area contributed by atoms with Crippen LogP contribution in [0.4, 0.5) is 5.69 Å². The smallest absolute Gasteiger partial charge is 0.243 e. The Morgan fingerprint density at radius 3 is 2.26 bits per heavy atom. The first kappa shape index (κ1) is 20.9. The molecule has 3 N–H and O–H groups in total. The van der Waals surface area contributed by atoms with E-state index < -0.39 is 10.0 Å². The molecule has 0 heterocycles. The zero-order chi connectivity index (χ0) is 19.9. The van der Waals surface area contributed by atoms with Crippen molar-refractivity contribution in [1.82, 2.24) is 9.62 Å². The number of nitrogens with zero attached hydrogens (tertiary/aromatic N) is 1. The maximum Gasteiger partial charge on any atom is 0.243 e. The Morgan fingerprint density at radius 2 is 1.67 bits per heavy atom. The van der Waals surface area contributed by atoms with Gasteiger partial charge in [-0.3, -0.25) is 4.79 Å². The summed E-state index contributed by atoms with van der Waals surface area (Å²) in [4.78, 5) is 12.3. The van der Waals surface area contributed by atoms with Crippen LogP contribution in [0.3, 0.4) is 0 Å². The molecular weight excluding hydrogens is 362 g/mol. The van der Waals surface area contributed by atoms with Gasteiger partial charge in [0.15, 0.2) is 0 Å². The zero-order valence-corrected chi connectivity index (χ0v) is 16.6. The average Bonchev–Trinajstić information content (AvgIpc) is 2.67. The van der Waals surface area contributed by atoms with Crippen LogP contribution in [0.2, 0.25) is 0 Å². The van der Waals surface area contributed by atoms with Crippen LogP contribution < -0.4 is 11.1 Å². The van der Waals surface area contributed by atoms with E-state index in [2.05, 4.69) is 5.32 Å². The highest BCUT2D eigenvalue weighted by Crippen LogP contribution is 2.16. The Balaban J connectivity index is 1.89. The molecule has 6 nitrogen and oxygen atoms in total. The molecule has 146 valence electrons. The number of hydrogen-bond donors (Lipinski definition) is 2. The van der Waals surface area contributed by atoms with Gasteiger partial charge in [0.1, 0.15) is 0 Å². The fourth-order valence-corrected chi connectivity index (χ4v) is 4.25. The predicted octanol–water partition coefficient (Wildman–Crippen LogP) is 2.55. The minimum Gasteiger partial charge on any atom is -0.399 e. The molecule has 0 aliphatic heterocycles. The zero-order valence-electron chi connectivity index (χ0n) is 15.8. The Bertz CT molecular complexity index is 860. The normalized spacial score (nSPS) is 11.5. The third-order valence-corrected chi connectivity index (χ3v) is 6.50. The molecule has 0 radical (unpaired) electrons. The van der Waals surface area contributed by atoms with Crippen molar-refractivity contribution in [2.45, 2.75) is 38.1 Å². The summed E-state index contributed by atoms with van der Waals surface area (Å²) in [5, 5.41) is 2.85. The predicted molar refractivity (Wildman–Crippen MR) is 108 cm³/mol. The van der Waals surface area contributed by atoms with E-state index in [-0.39, 0.29) is 10.8 Å². The fourth-order valence-electron chi connectivity index (χ4n) is 2.79. The Morgan fingerprint density at radius 1 is 1.04 bits per heavy atom. The van der Waals surface area contributed by atoms with Crippen molar-refractivity contribution >= 4 is 21.6 Å². The van der Waals surface area contributed by atoms with Gasteiger partial charge in [0, 0.05) is 31.7 Å². The summed E-state index contributed by atoms with van der Waals surface area (Å²) >= 11 is 0. The van der Waals surface area contributed by atoms with Crippen LogP contribution in [-0.2, 0) is 27.8 Å².